The molecule has 0 saturated carbocycles. The minimum atomic E-state index is -4.14. The highest BCUT2D eigenvalue weighted by atomic mass is 32.2. The highest BCUT2D eigenvalue weighted by molar-refractivity contribution is 7.92. The molecule has 0 saturated heterocycles. The van der Waals surface area contributed by atoms with Crippen LogP contribution in [0.4, 0.5) is 5.69 Å². The third kappa shape index (κ3) is 8.14. The fraction of sp³-hybridized carbons (Fsp3) is 0.278. The Morgan fingerprint density at radius 3 is 1.86 bits per heavy atom. The molecule has 0 heterocycles. The predicted molar refractivity (Wildman–Crippen MR) is 176 cm³/mol. The monoisotopic (exact) mass is 611 g/mol. The molecule has 8 heteroatoms. The van der Waals surface area contributed by atoms with Gasteiger partial charge in [-0.2, -0.15) is 0 Å². The first-order valence-electron chi connectivity index (χ1n) is 14.7. The summed E-state index contributed by atoms with van der Waals surface area (Å²) in [6.45, 7) is 9.07. The van der Waals surface area contributed by atoms with Crippen molar-refractivity contribution >= 4 is 27.5 Å². The molecule has 7 nitrogen and oxygen atoms in total. The lowest BCUT2D eigenvalue weighted by molar-refractivity contribution is -0.140. The van der Waals surface area contributed by atoms with Crippen molar-refractivity contribution in [2.75, 3.05) is 10.8 Å². The average molecular weight is 612 g/mol. The number of benzene rings is 4. The Morgan fingerprint density at radius 1 is 0.750 bits per heavy atom. The van der Waals surface area contributed by atoms with Gasteiger partial charge in [0, 0.05) is 18.5 Å². The van der Waals surface area contributed by atoms with Gasteiger partial charge in [0.2, 0.25) is 11.8 Å². The molecule has 0 aliphatic heterocycles. The Kier molecular flexibility index (Phi) is 10.3. The van der Waals surface area contributed by atoms with Gasteiger partial charge in [-0.1, -0.05) is 91.0 Å². The zero-order valence-electron chi connectivity index (χ0n) is 26.0. The normalized spacial score (nSPS) is 12.3. The van der Waals surface area contributed by atoms with Gasteiger partial charge in [-0.15, -0.1) is 0 Å². The highest BCUT2D eigenvalue weighted by Gasteiger charge is 2.36. The van der Waals surface area contributed by atoms with Crippen LogP contribution in [0.1, 0.15) is 43.0 Å². The molecule has 0 unspecified atom stereocenters. The predicted octanol–water partition coefficient (Wildman–Crippen LogP) is 6.05. The number of rotatable bonds is 11. The maximum atomic E-state index is 14.5. The fourth-order valence-corrected chi connectivity index (χ4v) is 6.52. The number of anilines is 1. The lowest BCUT2D eigenvalue weighted by Crippen LogP contribution is -2.56. The van der Waals surface area contributed by atoms with Gasteiger partial charge in [0.1, 0.15) is 12.6 Å². The highest BCUT2D eigenvalue weighted by Crippen LogP contribution is 2.29. The van der Waals surface area contributed by atoms with Crippen LogP contribution in [0, 0.1) is 13.8 Å². The molecule has 0 fully saturated rings. The van der Waals surface area contributed by atoms with Gasteiger partial charge in [-0.05, 0) is 75.1 Å². The van der Waals surface area contributed by atoms with Crippen LogP contribution in [0.5, 0.6) is 0 Å². The Balaban J connectivity index is 1.83. The second-order valence-electron chi connectivity index (χ2n) is 12.0. The van der Waals surface area contributed by atoms with Crippen LogP contribution in [0.3, 0.4) is 0 Å². The first-order valence-corrected chi connectivity index (χ1v) is 16.1. The van der Waals surface area contributed by atoms with E-state index >= 15 is 0 Å². The molecule has 2 amide bonds. The van der Waals surface area contributed by atoms with Crippen LogP contribution in [0.15, 0.2) is 114 Å². The van der Waals surface area contributed by atoms with E-state index in [1.807, 2.05) is 101 Å². The molecule has 1 atom stereocenters. The zero-order chi connectivity index (χ0) is 31.9. The molecule has 0 aliphatic rings. The van der Waals surface area contributed by atoms with Crippen LogP contribution >= 0.6 is 0 Å². The minimum absolute atomic E-state index is 0.0784. The molecule has 0 aliphatic carbocycles. The van der Waals surface area contributed by atoms with E-state index in [0.717, 1.165) is 22.3 Å². The Labute approximate surface area is 261 Å². The molecule has 0 radical (unpaired) electrons. The summed E-state index contributed by atoms with van der Waals surface area (Å²) in [5, 5.41) is 3.05. The summed E-state index contributed by atoms with van der Waals surface area (Å²) >= 11 is 0. The van der Waals surface area contributed by atoms with Crippen molar-refractivity contribution in [3.63, 3.8) is 0 Å². The first-order chi connectivity index (χ1) is 20.9. The first kappa shape index (κ1) is 32.5. The van der Waals surface area contributed by atoms with E-state index in [4.69, 9.17) is 0 Å². The van der Waals surface area contributed by atoms with Crippen LogP contribution in [0.25, 0.3) is 0 Å². The largest absolute Gasteiger partial charge is 0.350 e. The van der Waals surface area contributed by atoms with E-state index in [1.165, 1.54) is 21.3 Å². The molecule has 44 heavy (non-hydrogen) atoms. The summed E-state index contributed by atoms with van der Waals surface area (Å²) in [5.74, 6) is -0.797. The zero-order valence-corrected chi connectivity index (χ0v) is 26.8. The van der Waals surface area contributed by atoms with Gasteiger partial charge in [-0.3, -0.25) is 13.9 Å². The molecular formula is C36H41N3O4S. The van der Waals surface area contributed by atoms with Crippen molar-refractivity contribution in [2.45, 2.75) is 64.1 Å². The molecular weight excluding hydrogens is 570 g/mol. The van der Waals surface area contributed by atoms with Gasteiger partial charge in [0.15, 0.2) is 0 Å². The number of sulfonamides is 1. The number of nitrogens with one attached hydrogen (secondary N) is 1. The number of hydrogen-bond donors (Lipinski definition) is 1. The molecule has 4 aromatic rings. The van der Waals surface area contributed by atoms with Gasteiger partial charge >= 0.3 is 0 Å². The molecule has 230 valence electrons. The summed E-state index contributed by atoms with van der Waals surface area (Å²) in [4.78, 5) is 30.1. The number of carbonyl (C=O) groups is 2. The quantitative estimate of drug-likeness (QED) is 0.224. The summed E-state index contributed by atoms with van der Waals surface area (Å²) in [6.07, 6.45) is 0.260. The van der Waals surface area contributed by atoms with E-state index < -0.39 is 34.1 Å². The number of hydrogen-bond acceptors (Lipinski definition) is 4. The van der Waals surface area contributed by atoms with Gasteiger partial charge in [0.25, 0.3) is 10.0 Å². The SMILES string of the molecule is Cc1cccc(N(CC(=O)N(Cc2ccccc2)[C@H](Cc2ccccc2)C(=O)NC(C)(C)C)S(=O)(=O)c2ccccc2)c1C. The van der Waals surface area contributed by atoms with E-state index in [2.05, 4.69) is 5.32 Å². The van der Waals surface area contributed by atoms with Gasteiger partial charge in [0.05, 0.1) is 10.6 Å². The van der Waals surface area contributed by atoms with Crippen LogP contribution in [-0.4, -0.2) is 43.3 Å². The molecule has 0 aromatic heterocycles. The lowest BCUT2D eigenvalue weighted by atomic mass is 10.0. The summed E-state index contributed by atoms with van der Waals surface area (Å²) in [5.41, 5.74) is 3.23. The van der Waals surface area contributed by atoms with Crippen molar-refractivity contribution in [2.24, 2.45) is 0 Å². The number of aryl methyl sites for hydroxylation is 1. The number of nitrogens with zero attached hydrogens (tertiary/aromatic N) is 2. The maximum Gasteiger partial charge on any atom is 0.264 e. The second-order valence-corrected chi connectivity index (χ2v) is 13.9. The van der Waals surface area contributed by atoms with Crippen LogP contribution in [0.2, 0.25) is 0 Å². The molecule has 0 bridgehead atoms. The standard InChI is InChI=1S/C36H41N3O4S/c1-27-16-15-23-32(28(27)2)39(44(42,43)31-21-13-8-14-22-31)26-34(40)38(25-30-19-11-7-12-20-30)33(35(41)37-36(3,4)5)24-29-17-9-6-10-18-29/h6-23,33H,24-26H2,1-5H3,(H,37,41)/t33-/m1/s1. The minimum Gasteiger partial charge on any atom is -0.350 e. The average Bonchev–Trinajstić information content (AvgIpc) is 2.99. The van der Waals surface area contributed by atoms with Crippen molar-refractivity contribution in [1.82, 2.24) is 10.2 Å². The molecule has 4 aromatic carbocycles. The van der Waals surface area contributed by atoms with E-state index in [1.54, 1.807) is 30.3 Å². The molecule has 4 rings (SSSR count). The van der Waals surface area contributed by atoms with Crippen LogP contribution in [-0.2, 0) is 32.6 Å². The summed E-state index contributed by atoms with van der Waals surface area (Å²) in [6, 6.07) is 31.6. The van der Waals surface area contributed by atoms with E-state index in [-0.39, 0.29) is 23.8 Å². The lowest BCUT2D eigenvalue weighted by Gasteiger charge is -2.35. The Hall–Kier alpha value is -4.43. The van der Waals surface area contributed by atoms with E-state index in [9.17, 15) is 18.0 Å². The summed E-state index contributed by atoms with van der Waals surface area (Å²) in [7, 11) is -4.14. The Morgan fingerprint density at radius 2 is 1.30 bits per heavy atom. The van der Waals surface area contributed by atoms with Gasteiger partial charge < -0.3 is 10.2 Å². The second kappa shape index (κ2) is 13.9. The third-order valence-corrected chi connectivity index (χ3v) is 9.19. The number of carbonyl (C=O) groups excluding carboxylic acids is 2. The van der Waals surface area contributed by atoms with Crippen molar-refractivity contribution in [3.8, 4) is 0 Å². The van der Waals surface area contributed by atoms with Crippen LogP contribution < -0.4 is 9.62 Å². The third-order valence-electron chi connectivity index (χ3n) is 7.42. The van der Waals surface area contributed by atoms with Crippen molar-refractivity contribution in [1.29, 1.82) is 0 Å². The summed E-state index contributed by atoms with van der Waals surface area (Å²) < 4.78 is 29.5. The number of amides is 2. The molecule has 1 N–H and O–H groups in total. The topological polar surface area (TPSA) is 86.8 Å². The van der Waals surface area contributed by atoms with Gasteiger partial charge in [-0.25, -0.2) is 8.42 Å². The van der Waals surface area contributed by atoms with Crippen molar-refractivity contribution < 1.29 is 18.0 Å². The van der Waals surface area contributed by atoms with E-state index in [0.29, 0.717) is 5.69 Å². The molecule has 0 spiro atoms. The fourth-order valence-electron chi connectivity index (χ4n) is 5.03. The maximum absolute atomic E-state index is 14.5. The Bertz CT molecular complexity index is 1670. The smallest absolute Gasteiger partial charge is 0.264 e. The van der Waals surface area contributed by atoms with Crippen molar-refractivity contribution in [3.05, 3.63) is 131 Å².